The lowest BCUT2D eigenvalue weighted by Crippen LogP contribution is -2.25. The SMILES string of the molecule is COCCONC(=O)c1ccc(OC)c(OC)c1. The fraction of sp³-hybridized carbons (Fsp3) is 0.417. The molecule has 6 heteroatoms. The van der Waals surface area contributed by atoms with Gasteiger partial charge in [0.2, 0.25) is 0 Å². The monoisotopic (exact) mass is 255 g/mol. The normalized spacial score (nSPS) is 9.94. The summed E-state index contributed by atoms with van der Waals surface area (Å²) in [5, 5.41) is 0. The molecule has 0 aliphatic carbocycles. The van der Waals surface area contributed by atoms with E-state index >= 15 is 0 Å². The molecule has 6 nitrogen and oxygen atoms in total. The van der Waals surface area contributed by atoms with Crippen molar-refractivity contribution in [2.75, 3.05) is 34.5 Å². The minimum absolute atomic E-state index is 0.287. The zero-order valence-electron chi connectivity index (χ0n) is 10.7. The summed E-state index contributed by atoms with van der Waals surface area (Å²) in [6, 6.07) is 4.85. The zero-order chi connectivity index (χ0) is 13.4. The third-order valence-corrected chi connectivity index (χ3v) is 2.20. The van der Waals surface area contributed by atoms with Gasteiger partial charge in [-0.3, -0.25) is 9.63 Å². The number of methoxy groups -OCH3 is 3. The Morgan fingerprint density at radius 1 is 1.11 bits per heavy atom. The summed E-state index contributed by atoms with van der Waals surface area (Å²) in [5.41, 5.74) is 2.73. The van der Waals surface area contributed by atoms with E-state index in [0.717, 1.165) is 0 Å². The van der Waals surface area contributed by atoms with E-state index in [0.29, 0.717) is 23.7 Å². The number of carbonyl (C=O) groups excluding carboxylic acids is 1. The number of nitrogens with one attached hydrogen (secondary N) is 1. The molecule has 0 fully saturated rings. The highest BCUT2D eigenvalue weighted by Gasteiger charge is 2.10. The van der Waals surface area contributed by atoms with Crippen LogP contribution in [0.2, 0.25) is 0 Å². The van der Waals surface area contributed by atoms with Crippen molar-refractivity contribution in [1.82, 2.24) is 5.48 Å². The maximum atomic E-state index is 11.7. The first kappa shape index (κ1) is 14.3. The Balaban J connectivity index is 2.62. The lowest BCUT2D eigenvalue weighted by molar-refractivity contribution is 0.00887. The van der Waals surface area contributed by atoms with E-state index in [4.69, 9.17) is 19.0 Å². The molecule has 1 aromatic rings. The van der Waals surface area contributed by atoms with Crippen molar-refractivity contribution in [2.45, 2.75) is 0 Å². The van der Waals surface area contributed by atoms with E-state index in [2.05, 4.69) is 5.48 Å². The number of carbonyl (C=O) groups is 1. The quantitative estimate of drug-likeness (QED) is 0.582. The Kier molecular flexibility index (Phi) is 5.96. The number of benzene rings is 1. The first-order valence-corrected chi connectivity index (χ1v) is 5.36. The lowest BCUT2D eigenvalue weighted by atomic mass is 10.2. The molecule has 1 aromatic carbocycles. The molecule has 1 amide bonds. The van der Waals surface area contributed by atoms with Gasteiger partial charge in [-0.25, -0.2) is 5.48 Å². The van der Waals surface area contributed by atoms with Crippen LogP contribution >= 0.6 is 0 Å². The van der Waals surface area contributed by atoms with E-state index in [1.54, 1.807) is 25.3 Å². The van der Waals surface area contributed by atoms with Gasteiger partial charge in [-0.1, -0.05) is 0 Å². The van der Waals surface area contributed by atoms with Gasteiger partial charge < -0.3 is 14.2 Å². The van der Waals surface area contributed by atoms with Crippen molar-refractivity contribution in [3.8, 4) is 11.5 Å². The Morgan fingerprint density at radius 2 is 1.83 bits per heavy atom. The van der Waals surface area contributed by atoms with Crippen LogP contribution in [-0.4, -0.2) is 40.5 Å². The standard InChI is InChI=1S/C12H17NO5/c1-15-6-7-18-13-12(14)9-4-5-10(16-2)11(8-9)17-3/h4-5,8H,6-7H2,1-3H3,(H,13,14). The smallest absolute Gasteiger partial charge is 0.274 e. The molecule has 1 rings (SSSR count). The van der Waals surface area contributed by atoms with E-state index in [1.807, 2.05) is 0 Å². The van der Waals surface area contributed by atoms with Crippen molar-refractivity contribution < 1.29 is 23.8 Å². The molecule has 0 aliphatic rings. The van der Waals surface area contributed by atoms with Crippen LogP contribution in [0.1, 0.15) is 10.4 Å². The van der Waals surface area contributed by atoms with Crippen LogP contribution in [0.4, 0.5) is 0 Å². The molecule has 0 bridgehead atoms. The predicted octanol–water partition coefficient (Wildman–Crippen LogP) is 1.01. The van der Waals surface area contributed by atoms with Crippen molar-refractivity contribution >= 4 is 5.91 Å². The van der Waals surface area contributed by atoms with Crippen LogP contribution in [0, 0.1) is 0 Å². The van der Waals surface area contributed by atoms with Crippen LogP contribution in [0.5, 0.6) is 11.5 Å². The van der Waals surface area contributed by atoms with Gasteiger partial charge in [0.15, 0.2) is 11.5 Å². The fourth-order valence-electron chi connectivity index (χ4n) is 1.28. The van der Waals surface area contributed by atoms with E-state index in [9.17, 15) is 4.79 Å². The summed E-state index contributed by atoms with van der Waals surface area (Å²) < 4.78 is 15.0. The Labute approximate surface area is 106 Å². The lowest BCUT2D eigenvalue weighted by Gasteiger charge is -2.09. The number of hydrogen-bond donors (Lipinski definition) is 1. The largest absolute Gasteiger partial charge is 0.493 e. The number of amides is 1. The first-order valence-electron chi connectivity index (χ1n) is 5.36. The molecule has 0 aliphatic heterocycles. The summed E-state index contributed by atoms with van der Waals surface area (Å²) in [5.74, 6) is 0.698. The van der Waals surface area contributed by atoms with Crippen molar-refractivity contribution in [3.63, 3.8) is 0 Å². The Morgan fingerprint density at radius 3 is 2.44 bits per heavy atom. The molecular formula is C12H17NO5. The summed E-state index contributed by atoms with van der Waals surface area (Å²) >= 11 is 0. The van der Waals surface area contributed by atoms with Crippen molar-refractivity contribution in [3.05, 3.63) is 23.8 Å². The molecular weight excluding hydrogens is 238 g/mol. The van der Waals surface area contributed by atoms with E-state index in [-0.39, 0.29) is 12.5 Å². The average molecular weight is 255 g/mol. The van der Waals surface area contributed by atoms with Crippen molar-refractivity contribution in [2.24, 2.45) is 0 Å². The highest BCUT2D eigenvalue weighted by Crippen LogP contribution is 2.27. The van der Waals surface area contributed by atoms with Crippen LogP contribution in [0.15, 0.2) is 18.2 Å². The molecule has 0 saturated heterocycles. The summed E-state index contributed by atoms with van der Waals surface area (Å²) in [4.78, 5) is 16.6. The topological polar surface area (TPSA) is 66.0 Å². The minimum Gasteiger partial charge on any atom is -0.493 e. The Bertz CT molecular complexity index is 394. The molecule has 0 heterocycles. The van der Waals surface area contributed by atoms with Gasteiger partial charge in [-0.15, -0.1) is 0 Å². The summed E-state index contributed by atoms with van der Waals surface area (Å²) in [6.07, 6.45) is 0. The number of ether oxygens (including phenoxy) is 3. The molecule has 0 aromatic heterocycles. The molecule has 0 spiro atoms. The Hall–Kier alpha value is -1.79. The number of hydrogen-bond acceptors (Lipinski definition) is 5. The average Bonchev–Trinajstić information content (AvgIpc) is 2.42. The third kappa shape index (κ3) is 3.90. The molecule has 100 valence electrons. The van der Waals surface area contributed by atoms with Gasteiger partial charge in [0.05, 0.1) is 27.4 Å². The molecule has 0 atom stereocenters. The molecule has 0 radical (unpaired) electrons. The maximum absolute atomic E-state index is 11.7. The van der Waals surface area contributed by atoms with Gasteiger partial charge >= 0.3 is 0 Å². The molecule has 18 heavy (non-hydrogen) atoms. The summed E-state index contributed by atoms with van der Waals surface area (Å²) in [7, 11) is 4.60. The van der Waals surface area contributed by atoms with Gasteiger partial charge in [0.1, 0.15) is 0 Å². The van der Waals surface area contributed by atoms with Gasteiger partial charge in [-0.05, 0) is 18.2 Å². The molecule has 1 N–H and O–H groups in total. The first-order chi connectivity index (χ1) is 8.72. The minimum atomic E-state index is -0.355. The molecule has 0 unspecified atom stereocenters. The van der Waals surface area contributed by atoms with Crippen LogP contribution in [0.25, 0.3) is 0 Å². The van der Waals surface area contributed by atoms with E-state index in [1.165, 1.54) is 14.2 Å². The third-order valence-electron chi connectivity index (χ3n) is 2.20. The van der Waals surface area contributed by atoms with Crippen molar-refractivity contribution in [1.29, 1.82) is 0 Å². The highest BCUT2D eigenvalue weighted by molar-refractivity contribution is 5.94. The predicted molar refractivity (Wildman–Crippen MR) is 64.8 cm³/mol. The summed E-state index contributed by atoms with van der Waals surface area (Å²) in [6.45, 7) is 0.696. The highest BCUT2D eigenvalue weighted by atomic mass is 16.7. The van der Waals surface area contributed by atoms with E-state index < -0.39 is 0 Å². The maximum Gasteiger partial charge on any atom is 0.274 e. The van der Waals surface area contributed by atoms with Crippen LogP contribution < -0.4 is 15.0 Å². The fourth-order valence-corrected chi connectivity index (χ4v) is 1.28. The number of hydroxylamine groups is 1. The number of rotatable bonds is 7. The van der Waals surface area contributed by atoms with Gasteiger partial charge in [0, 0.05) is 12.7 Å². The van der Waals surface area contributed by atoms with Gasteiger partial charge in [-0.2, -0.15) is 0 Å². The van der Waals surface area contributed by atoms with Crippen LogP contribution in [0.3, 0.4) is 0 Å². The second kappa shape index (κ2) is 7.52. The second-order valence-electron chi connectivity index (χ2n) is 3.34. The second-order valence-corrected chi connectivity index (χ2v) is 3.34. The zero-order valence-corrected chi connectivity index (χ0v) is 10.7. The molecule has 0 saturated carbocycles. The van der Waals surface area contributed by atoms with Gasteiger partial charge in [0.25, 0.3) is 5.91 Å². The van der Waals surface area contributed by atoms with Crippen LogP contribution in [-0.2, 0) is 9.57 Å².